The Morgan fingerprint density at radius 2 is 1.81 bits per heavy atom. The van der Waals surface area contributed by atoms with E-state index in [1.807, 2.05) is 0 Å². The highest BCUT2D eigenvalue weighted by atomic mass is 19.4. The fourth-order valence-corrected chi connectivity index (χ4v) is 1.72. The number of nitrogen functional groups attached to an aromatic ring is 1. The molecule has 0 aliphatic heterocycles. The van der Waals surface area contributed by atoms with E-state index < -0.39 is 17.7 Å². The first-order chi connectivity index (χ1) is 9.79. The number of benzene rings is 2. The number of anilines is 1. The molecule has 0 aliphatic rings. The third-order valence-corrected chi connectivity index (χ3v) is 2.67. The van der Waals surface area contributed by atoms with Crippen LogP contribution in [0.1, 0.15) is 15.9 Å². The quantitative estimate of drug-likeness (QED) is 0.846. The van der Waals surface area contributed by atoms with Gasteiger partial charge >= 0.3 is 12.1 Å². The Balaban J connectivity index is 2.35. The highest BCUT2D eigenvalue weighted by Crippen LogP contribution is 2.38. The summed E-state index contributed by atoms with van der Waals surface area (Å²) in [6, 6.07) is 8.29. The number of hydrogen-bond donors (Lipinski definition) is 2. The van der Waals surface area contributed by atoms with Crippen molar-refractivity contribution in [1.29, 1.82) is 0 Å². The van der Waals surface area contributed by atoms with Gasteiger partial charge in [0.1, 0.15) is 11.5 Å². The SMILES string of the molecule is Nc1cc(Oc2ccccc2C(F)(F)F)ccc1C(=O)O. The van der Waals surface area contributed by atoms with Crippen LogP contribution in [-0.4, -0.2) is 11.1 Å². The van der Waals surface area contributed by atoms with Crippen molar-refractivity contribution >= 4 is 11.7 Å². The van der Waals surface area contributed by atoms with Crippen LogP contribution in [0.5, 0.6) is 11.5 Å². The first kappa shape index (κ1) is 14.7. The molecule has 7 heteroatoms. The molecule has 2 aromatic carbocycles. The van der Waals surface area contributed by atoms with Crippen LogP contribution >= 0.6 is 0 Å². The van der Waals surface area contributed by atoms with Gasteiger partial charge in [0.05, 0.1) is 11.1 Å². The lowest BCUT2D eigenvalue weighted by molar-refractivity contribution is -0.138. The highest BCUT2D eigenvalue weighted by molar-refractivity contribution is 5.93. The van der Waals surface area contributed by atoms with Crippen LogP contribution in [0.4, 0.5) is 18.9 Å². The second kappa shape index (κ2) is 5.35. The van der Waals surface area contributed by atoms with Gasteiger partial charge in [-0.05, 0) is 24.3 Å². The number of hydrogen-bond acceptors (Lipinski definition) is 3. The Morgan fingerprint density at radius 3 is 2.38 bits per heavy atom. The van der Waals surface area contributed by atoms with E-state index in [1.165, 1.54) is 30.3 Å². The summed E-state index contributed by atoms with van der Waals surface area (Å²) in [6.07, 6.45) is -4.55. The molecule has 4 nitrogen and oxygen atoms in total. The largest absolute Gasteiger partial charge is 0.478 e. The number of halogens is 3. The number of para-hydroxylation sites is 1. The van der Waals surface area contributed by atoms with Gasteiger partial charge in [-0.3, -0.25) is 0 Å². The fourth-order valence-electron chi connectivity index (χ4n) is 1.72. The fraction of sp³-hybridized carbons (Fsp3) is 0.0714. The van der Waals surface area contributed by atoms with E-state index in [9.17, 15) is 18.0 Å². The first-order valence-corrected chi connectivity index (χ1v) is 5.76. The standard InChI is InChI=1S/C14H10F3NO3/c15-14(16,17)10-3-1-2-4-12(10)21-8-5-6-9(13(19)20)11(18)7-8/h1-7H,18H2,(H,19,20). The van der Waals surface area contributed by atoms with Crippen LogP contribution < -0.4 is 10.5 Å². The van der Waals surface area contributed by atoms with Gasteiger partial charge in [0.15, 0.2) is 0 Å². The maximum atomic E-state index is 12.8. The van der Waals surface area contributed by atoms with Crippen molar-refractivity contribution in [2.45, 2.75) is 6.18 Å². The van der Waals surface area contributed by atoms with Crippen LogP contribution in [0.2, 0.25) is 0 Å². The Kier molecular flexibility index (Phi) is 3.75. The first-order valence-electron chi connectivity index (χ1n) is 5.76. The number of rotatable bonds is 3. The highest BCUT2D eigenvalue weighted by Gasteiger charge is 2.34. The molecular weight excluding hydrogens is 287 g/mol. The lowest BCUT2D eigenvalue weighted by Gasteiger charge is -2.14. The molecule has 0 atom stereocenters. The maximum absolute atomic E-state index is 12.8. The second-order valence-electron chi connectivity index (χ2n) is 4.15. The predicted molar refractivity (Wildman–Crippen MR) is 69.3 cm³/mol. The van der Waals surface area contributed by atoms with E-state index in [0.29, 0.717) is 0 Å². The van der Waals surface area contributed by atoms with Crippen LogP contribution in [-0.2, 0) is 6.18 Å². The summed E-state index contributed by atoms with van der Waals surface area (Å²) in [7, 11) is 0. The number of nitrogens with two attached hydrogens (primary N) is 1. The minimum atomic E-state index is -4.55. The molecule has 0 amide bonds. The van der Waals surface area contributed by atoms with Crippen molar-refractivity contribution in [1.82, 2.24) is 0 Å². The lowest BCUT2D eigenvalue weighted by atomic mass is 10.1. The van der Waals surface area contributed by atoms with Crippen molar-refractivity contribution in [2.24, 2.45) is 0 Å². The Labute approximate surface area is 117 Å². The maximum Gasteiger partial charge on any atom is 0.419 e. The molecule has 0 saturated carbocycles. The molecule has 0 radical (unpaired) electrons. The van der Waals surface area contributed by atoms with Gasteiger partial charge in [-0.25, -0.2) is 4.79 Å². The van der Waals surface area contributed by atoms with Gasteiger partial charge in [-0.15, -0.1) is 0 Å². The van der Waals surface area contributed by atoms with Crippen LogP contribution in [0.15, 0.2) is 42.5 Å². The molecule has 0 fully saturated rings. The van der Waals surface area contributed by atoms with Gasteiger partial charge in [0.25, 0.3) is 0 Å². The molecule has 0 heterocycles. The zero-order valence-electron chi connectivity index (χ0n) is 10.5. The Morgan fingerprint density at radius 1 is 1.14 bits per heavy atom. The normalized spacial score (nSPS) is 11.2. The number of alkyl halides is 3. The number of ether oxygens (including phenoxy) is 1. The molecule has 0 aliphatic carbocycles. The summed E-state index contributed by atoms with van der Waals surface area (Å²) in [5.41, 5.74) is 4.35. The van der Waals surface area contributed by atoms with Gasteiger partial charge in [-0.1, -0.05) is 12.1 Å². The van der Waals surface area contributed by atoms with Crippen molar-refractivity contribution in [3.05, 3.63) is 53.6 Å². The molecule has 2 aromatic rings. The molecule has 0 spiro atoms. The molecule has 0 saturated heterocycles. The van der Waals surface area contributed by atoms with Gasteiger partial charge < -0.3 is 15.6 Å². The lowest BCUT2D eigenvalue weighted by Crippen LogP contribution is -2.07. The summed E-state index contributed by atoms with van der Waals surface area (Å²) >= 11 is 0. The summed E-state index contributed by atoms with van der Waals surface area (Å²) in [5, 5.41) is 8.83. The Bertz CT molecular complexity index is 683. The van der Waals surface area contributed by atoms with Crippen molar-refractivity contribution < 1.29 is 27.8 Å². The summed E-state index contributed by atoms with van der Waals surface area (Å²) < 4.78 is 43.6. The van der Waals surface area contributed by atoms with E-state index in [-0.39, 0.29) is 22.7 Å². The average Bonchev–Trinajstić information content (AvgIpc) is 2.37. The van der Waals surface area contributed by atoms with Gasteiger partial charge in [0, 0.05) is 11.8 Å². The molecule has 21 heavy (non-hydrogen) atoms. The van der Waals surface area contributed by atoms with Crippen molar-refractivity contribution in [2.75, 3.05) is 5.73 Å². The Hall–Kier alpha value is -2.70. The molecule has 0 bridgehead atoms. The molecular formula is C14H10F3NO3. The van der Waals surface area contributed by atoms with Crippen LogP contribution in [0.25, 0.3) is 0 Å². The molecule has 0 unspecified atom stereocenters. The van der Waals surface area contributed by atoms with Crippen molar-refractivity contribution in [3.63, 3.8) is 0 Å². The van der Waals surface area contributed by atoms with Gasteiger partial charge in [0.2, 0.25) is 0 Å². The summed E-state index contributed by atoms with van der Waals surface area (Å²) in [5.74, 6) is -1.59. The monoisotopic (exact) mass is 297 g/mol. The van der Waals surface area contributed by atoms with Crippen molar-refractivity contribution in [3.8, 4) is 11.5 Å². The zero-order chi connectivity index (χ0) is 15.6. The number of carboxylic acid groups (broad SMARTS) is 1. The number of carboxylic acids is 1. The molecule has 2 rings (SSSR count). The molecule has 0 aromatic heterocycles. The second-order valence-corrected chi connectivity index (χ2v) is 4.15. The zero-order valence-corrected chi connectivity index (χ0v) is 10.5. The van der Waals surface area contributed by atoms with Gasteiger partial charge in [-0.2, -0.15) is 13.2 Å². The minimum Gasteiger partial charge on any atom is -0.478 e. The van der Waals surface area contributed by atoms with E-state index in [0.717, 1.165) is 12.1 Å². The number of aromatic carboxylic acids is 1. The smallest absolute Gasteiger partial charge is 0.419 e. The van der Waals surface area contributed by atoms with E-state index >= 15 is 0 Å². The third-order valence-electron chi connectivity index (χ3n) is 2.67. The third kappa shape index (κ3) is 3.25. The van der Waals surface area contributed by atoms with Crippen LogP contribution in [0, 0.1) is 0 Å². The summed E-state index contributed by atoms with van der Waals surface area (Å²) in [4.78, 5) is 10.8. The van der Waals surface area contributed by atoms with E-state index in [1.54, 1.807) is 0 Å². The van der Waals surface area contributed by atoms with E-state index in [4.69, 9.17) is 15.6 Å². The van der Waals surface area contributed by atoms with E-state index in [2.05, 4.69) is 0 Å². The summed E-state index contributed by atoms with van der Waals surface area (Å²) in [6.45, 7) is 0. The molecule has 110 valence electrons. The topological polar surface area (TPSA) is 72.5 Å². The minimum absolute atomic E-state index is 0.0224. The number of carbonyl (C=O) groups is 1. The van der Waals surface area contributed by atoms with Crippen LogP contribution in [0.3, 0.4) is 0 Å². The average molecular weight is 297 g/mol. The molecule has 3 N–H and O–H groups in total. The predicted octanol–water partition coefficient (Wildman–Crippen LogP) is 3.78.